The average Bonchev–Trinajstić information content (AvgIpc) is 2.79. The van der Waals surface area contributed by atoms with Crippen molar-refractivity contribution in [2.24, 2.45) is 11.1 Å². The van der Waals surface area contributed by atoms with E-state index in [1.54, 1.807) is 12.4 Å². The van der Waals surface area contributed by atoms with E-state index in [0.717, 1.165) is 25.1 Å². The maximum absolute atomic E-state index is 11.6. The van der Waals surface area contributed by atoms with Gasteiger partial charge in [-0.25, -0.2) is 4.98 Å². The number of imidazole rings is 1. The van der Waals surface area contributed by atoms with E-state index in [2.05, 4.69) is 29.1 Å². The number of H-pyrrole nitrogens is 1. The fourth-order valence-electron chi connectivity index (χ4n) is 1.81. The Morgan fingerprint density at radius 1 is 1.50 bits per heavy atom. The van der Waals surface area contributed by atoms with Gasteiger partial charge in [0, 0.05) is 31.8 Å². The summed E-state index contributed by atoms with van der Waals surface area (Å²) in [4.78, 5) is 18.8. The lowest BCUT2D eigenvalue weighted by Crippen LogP contribution is -2.27. The third kappa shape index (κ3) is 5.82. The number of nitrogens with one attached hydrogen (secondary N) is 2. The van der Waals surface area contributed by atoms with Crippen molar-refractivity contribution >= 4 is 5.91 Å². The van der Waals surface area contributed by atoms with Gasteiger partial charge in [-0.2, -0.15) is 0 Å². The monoisotopic (exact) mass is 252 g/mol. The lowest BCUT2D eigenvalue weighted by molar-refractivity contribution is -0.121. The Morgan fingerprint density at radius 2 is 2.28 bits per heavy atom. The van der Waals surface area contributed by atoms with E-state index in [9.17, 15) is 4.79 Å². The van der Waals surface area contributed by atoms with Crippen LogP contribution in [0.4, 0.5) is 0 Å². The molecular formula is C13H24N4O. The van der Waals surface area contributed by atoms with Crippen LogP contribution in [-0.2, 0) is 11.2 Å². The SMILES string of the molecule is CC(C)(CCN)CCC(=O)NCCc1ncc[nH]1. The minimum absolute atomic E-state index is 0.103. The van der Waals surface area contributed by atoms with Crippen LogP contribution in [0.2, 0.25) is 0 Å². The molecule has 1 heterocycles. The molecule has 0 saturated heterocycles. The van der Waals surface area contributed by atoms with Gasteiger partial charge in [-0.1, -0.05) is 13.8 Å². The van der Waals surface area contributed by atoms with Crippen molar-refractivity contribution in [1.82, 2.24) is 15.3 Å². The van der Waals surface area contributed by atoms with Crippen LogP contribution in [0.25, 0.3) is 0 Å². The number of amides is 1. The summed E-state index contributed by atoms with van der Waals surface area (Å²) < 4.78 is 0. The van der Waals surface area contributed by atoms with Crippen molar-refractivity contribution in [3.8, 4) is 0 Å². The van der Waals surface area contributed by atoms with Gasteiger partial charge in [-0.3, -0.25) is 4.79 Å². The van der Waals surface area contributed by atoms with Crippen LogP contribution in [0.15, 0.2) is 12.4 Å². The van der Waals surface area contributed by atoms with Crippen LogP contribution in [0.5, 0.6) is 0 Å². The molecule has 0 unspecified atom stereocenters. The Bertz CT molecular complexity index is 346. The van der Waals surface area contributed by atoms with Gasteiger partial charge in [0.1, 0.15) is 5.82 Å². The summed E-state index contributed by atoms with van der Waals surface area (Å²) in [6, 6.07) is 0. The average molecular weight is 252 g/mol. The molecule has 0 radical (unpaired) electrons. The Labute approximate surface area is 109 Å². The summed E-state index contributed by atoms with van der Waals surface area (Å²) >= 11 is 0. The maximum atomic E-state index is 11.6. The molecule has 0 aliphatic carbocycles. The van der Waals surface area contributed by atoms with Crippen molar-refractivity contribution in [1.29, 1.82) is 0 Å². The molecule has 5 heteroatoms. The molecule has 0 aliphatic rings. The molecule has 1 rings (SSSR count). The molecule has 4 N–H and O–H groups in total. The molecule has 0 atom stereocenters. The van der Waals surface area contributed by atoms with E-state index in [1.807, 2.05) is 0 Å². The van der Waals surface area contributed by atoms with E-state index in [0.29, 0.717) is 19.5 Å². The first-order chi connectivity index (χ1) is 8.53. The van der Waals surface area contributed by atoms with E-state index in [-0.39, 0.29) is 11.3 Å². The molecule has 18 heavy (non-hydrogen) atoms. The Hall–Kier alpha value is -1.36. The number of hydrogen-bond acceptors (Lipinski definition) is 3. The van der Waals surface area contributed by atoms with Crippen molar-refractivity contribution in [3.63, 3.8) is 0 Å². The zero-order valence-corrected chi connectivity index (χ0v) is 11.3. The smallest absolute Gasteiger partial charge is 0.220 e. The Kier molecular flexibility index (Phi) is 5.85. The van der Waals surface area contributed by atoms with Crippen LogP contribution in [-0.4, -0.2) is 29.0 Å². The first-order valence-corrected chi connectivity index (χ1v) is 6.48. The third-order valence-corrected chi connectivity index (χ3v) is 3.09. The number of hydrogen-bond donors (Lipinski definition) is 3. The molecular weight excluding hydrogens is 228 g/mol. The number of aromatic nitrogens is 2. The number of rotatable bonds is 8. The van der Waals surface area contributed by atoms with Crippen molar-refractivity contribution in [2.75, 3.05) is 13.1 Å². The highest BCUT2D eigenvalue weighted by Crippen LogP contribution is 2.25. The second-order valence-electron chi connectivity index (χ2n) is 5.34. The zero-order chi connectivity index (χ0) is 13.4. The van der Waals surface area contributed by atoms with Gasteiger partial charge < -0.3 is 16.0 Å². The maximum Gasteiger partial charge on any atom is 0.220 e. The molecule has 1 aromatic rings. The lowest BCUT2D eigenvalue weighted by atomic mass is 9.84. The molecule has 102 valence electrons. The van der Waals surface area contributed by atoms with E-state index >= 15 is 0 Å². The quantitative estimate of drug-likeness (QED) is 0.650. The molecule has 5 nitrogen and oxygen atoms in total. The van der Waals surface area contributed by atoms with Gasteiger partial charge in [-0.05, 0) is 24.8 Å². The van der Waals surface area contributed by atoms with Gasteiger partial charge >= 0.3 is 0 Å². The summed E-state index contributed by atoms with van der Waals surface area (Å²) in [6.07, 6.45) is 6.62. The van der Waals surface area contributed by atoms with Crippen molar-refractivity contribution < 1.29 is 4.79 Å². The predicted molar refractivity (Wildman–Crippen MR) is 72.0 cm³/mol. The first kappa shape index (κ1) is 14.7. The lowest BCUT2D eigenvalue weighted by Gasteiger charge is -2.23. The zero-order valence-electron chi connectivity index (χ0n) is 11.3. The third-order valence-electron chi connectivity index (χ3n) is 3.09. The molecule has 0 saturated carbocycles. The number of carbonyl (C=O) groups excluding carboxylic acids is 1. The Morgan fingerprint density at radius 3 is 2.89 bits per heavy atom. The summed E-state index contributed by atoms with van der Waals surface area (Å²) in [5.74, 6) is 1.01. The van der Waals surface area contributed by atoms with Gasteiger partial charge in [0.05, 0.1) is 0 Å². The van der Waals surface area contributed by atoms with Crippen molar-refractivity contribution in [3.05, 3.63) is 18.2 Å². The molecule has 0 fully saturated rings. The van der Waals surface area contributed by atoms with E-state index in [1.165, 1.54) is 0 Å². The van der Waals surface area contributed by atoms with Gasteiger partial charge in [0.25, 0.3) is 0 Å². The number of aromatic amines is 1. The van der Waals surface area contributed by atoms with Gasteiger partial charge in [0.15, 0.2) is 0 Å². The normalized spacial score (nSPS) is 11.5. The van der Waals surface area contributed by atoms with Crippen LogP contribution < -0.4 is 11.1 Å². The van der Waals surface area contributed by atoms with Crippen LogP contribution in [0.1, 0.15) is 38.9 Å². The van der Waals surface area contributed by atoms with Crippen LogP contribution >= 0.6 is 0 Å². The highest BCUT2D eigenvalue weighted by Gasteiger charge is 2.17. The van der Waals surface area contributed by atoms with Gasteiger partial charge in [-0.15, -0.1) is 0 Å². The number of carbonyl (C=O) groups is 1. The first-order valence-electron chi connectivity index (χ1n) is 6.48. The molecule has 0 spiro atoms. The highest BCUT2D eigenvalue weighted by molar-refractivity contribution is 5.75. The minimum atomic E-state index is 0.103. The second-order valence-corrected chi connectivity index (χ2v) is 5.34. The minimum Gasteiger partial charge on any atom is -0.356 e. The highest BCUT2D eigenvalue weighted by atomic mass is 16.1. The summed E-state index contributed by atoms with van der Waals surface area (Å²) in [5.41, 5.74) is 5.69. The molecule has 0 bridgehead atoms. The summed E-state index contributed by atoms with van der Waals surface area (Å²) in [7, 11) is 0. The second kappa shape index (κ2) is 7.16. The standard InChI is InChI=1S/C13H24N4O/c1-13(2,6-7-14)5-3-12(18)17-8-4-11-15-9-10-16-11/h9-10H,3-8,14H2,1-2H3,(H,15,16)(H,17,18). The van der Waals surface area contributed by atoms with E-state index in [4.69, 9.17) is 5.73 Å². The fourth-order valence-corrected chi connectivity index (χ4v) is 1.81. The largest absolute Gasteiger partial charge is 0.356 e. The summed E-state index contributed by atoms with van der Waals surface area (Å²) in [5, 5.41) is 2.91. The molecule has 0 aliphatic heterocycles. The summed E-state index contributed by atoms with van der Waals surface area (Å²) in [6.45, 7) is 5.60. The molecule has 1 aromatic heterocycles. The van der Waals surface area contributed by atoms with Crippen molar-refractivity contribution in [2.45, 2.75) is 39.5 Å². The van der Waals surface area contributed by atoms with Crippen LogP contribution in [0, 0.1) is 5.41 Å². The predicted octanol–water partition coefficient (Wildman–Crippen LogP) is 1.22. The number of nitrogens with zero attached hydrogens (tertiary/aromatic N) is 1. The number of nitrogens with two attached hydrogens (primary N) is 1. The fraction of sp³-hybridized carbons (Fsp3) is 0.692. The topological polar surface area (TPSA) is 83.8 Å². The van der Waals surface area contributed by atoms with Crippen LogP contribution in [0.3, 0.4) is 0 Å². The molecule has 0 aromatic carbocycles. The van der Waals surface area contributed by atoms with Gasteiger partial charge in [0.2, 0.25) is 5.91 Å². The van der Waals surface area contributed by atoms with E-state index < -0.39 is 0 Å². The molecule has 1 amide bonds. The Balaban J connectivity index is 2.14.